The Morgan fingerprint density at radius 2 is 2.07 bits per heavy atom. The molecule has 1 atom stereocenters. The molecule has 0 aromatic rings. The SMILES string of the molecule is CCN(CCO)CC1CCCCN1.Cl.Cl. The first-order valence-corrected chi connectivity index (χ1v) is 5.43. The van der Waals surface area contributed by atoms with Crippen LogP contribution in [0.1, 0.15) is 26.2 Å². The number of aliphatic hydroxyl groups excluding tert-OH is 1. The van der Waals surface area contributed by atoms with E-state index in [-0.39, 0.29) is 31.4 Å². The van der Waals surface area contributed by atoms with Crippen molar-refractivity contribution in [1.82, 2.24) is 10.2 Å². The van der Waals surface area contributed by atoms with Crippen LogP contribution in [0.2, 0.25) is 0 Å². The van der Waals surface area contributed by atoms with Gasteiger partial charge in [0.2, 0.25) is 0 Å². The summed E-state index contributed by atoms with van der Waals surface area (Å²) in [6, 6.07) is 0.653. The molecule has 0 aromatic heterocycles. The summed E-state index contributed by atoms with van der Waals surface area (Å²) in [4.78, 5) is 2.31. The lowest BCUT2D eigenvalue weighted by molar-refractivity contribution is 0.180. The monoisotopic (exact) mass is 258 g/mol. The van der Waals surface area contributed by atoms with Crippen molar-refractivity contribution in [2.75, 3.05) is 32.8 Å². The highest BCUT2D eigenvalue weighted by Gasteiger charge is 2.14. The molecular formula is C10H24Cl2N2O. The van der Waals surface area contributed by atoms with Gasteiger partial charge in [-0.3, -0.25) is 4.90 Å². The number of hydrogen-bond donors (Lipinski definition) is 2. The molecule has 0 bridgehead atoms. The minimum atomic E-state index is 0. The van der Waals surface area contributed by atoms with Crippen molar-refractivity contribution in [3.63, 3.8) is 0 Å². The van der Waals surface area contributed by atoms with Crippen LogP contribution < -0.4 is 5.32 Å². The fourth-order valence-electron chi connectivity index (χ4n) is 1.91. The first-order chi connectivity index (χ1) is 6.36. The smallest absolute Gasteiger partial charge is 0.0558 e. The van der Waals surface area contributed by atoms with Gasteiger partial charge in [-0.1, -0.05) is 13.3 Å². The Labute approximate surface area is 105 Å². The summed E-state index contributed by atoms with van der Waals surface area (Å²) in [5.74, 6) is 0. The van der Waals surface area contributed by atoms with Crippen molar-refractivity contribution in [1.29, 1.82) is 0 Å². The average molecular weight is 259 g/mol. The lowest BCUT2D eigenvalue weighted by atomic mass is 10.0. The largest absolute Gasteiger partial charge is 0.395 e. The van der Waals surface area contributed by atoms with Gasteiger partial charge >= 0.3 is 0 Å². The Morgan fingerprint density at radius 3 is 2.53 bits per heavy atom. The topological polar surface area (TPSA) is 35.5 Å². The second-order valence-electron chi connectivity index (χ2n) is 3.76. The third-order valence-corrected chi connectivity index (χ3v) is 2.75. The molecule has 0 saturated carbocycles. The zero-order valence-corrected chi connectivity index (χ0v) is 11.1. The van der Waals surface area contributed by atoms with E-state index in [0.29, 0.717) is 6.04 Å². The minimum absolute atomic E-state index is 0. The normalized spacial score (nSPS) is 20.6. The predicted octanol–water partition coefficient (Wildman–Crippen LogP) is 1.29. The van der Waals surface area contributed by atoms with Gasteiger partial charge in [-0.05, 0) is 25.9 Å². The molecule has 1 aliphatic heterocycles. The minimum Gasteiger partial charge on any atom is -0.395 e. The highest BCUT2D eigenvalue weighted by molar-refractivity contribution is 5.85. The Balaban J connectivity index is 0. The molecule has 1 fully saturated rings. The van der Waals surface area contributed by atoms with E-state index in [0.717, 1.165) is 19.6 Å². The van der Waals surface area contributed by atoms with Crippen molar-refractivity contribution in [3.8, 4) is 0 Å². The second kappa shape index (κ2) is 11.0. The van der Waals surface area contributed by atoms with E-state index in [1.807, 2.05) is 0 Å². The highest BCUT2D eigenvalue weighted by Crippen LogP contribution is 2.08. The van der Waals surface area contributed by atoms with Gasteiger partial charge < -0.3 is 10.4 Å². The third-order valence-electron chi connectivity index (χ3n) is 2.75. The molecule has 15 heavy (non-hydrogen) atoms. The number of likely N-dealkylation sites (N-methyl/N-ethyl adjacent to an activating group) is 1. The zero-order valence-electron chi connectivity index (χ0n) is 9.45. The lowest BCUT2D eigenvalue weighted by Gasteiger charge is -2.29. The number of nitrogens with one attached hydrogen (secondary N) is 1. The van der Waals surface area contributed by atoms with Crippen LogP contribution in [0.15, 0.2) is 0 Å². The Hall–Kier alpha value is 0.460. The van der Waals surface area contributed by atoms with Crippen LogP contribution in [0.5, 0.6) is 0 Å². The number of halogens is 2. The van der Waals surface area contributed by atoms with Gasteiger partial charge in [0, 0.05) is 19.1 Å². The van der Waals surface area contributed by atoms with Crippen LogP contribution in [0.4, 0.5) is 0 Å². The molecule has 94 valence electrons. The van der Waals surface area contributed by atoms with E-state index in [1.54, 1.807) is 0 Å². The van der Waals surface area contributed by atoms with Gasteiger partial charge in [-0.25, -0.2) is 0 Å². The molecule has 1 rings (SSSR count). The first kappa shape index (κ1) is 17.8. The van der Waals surface area contributed by atoms with Crippen molar-refractivity contribution in [2.24, 2.45) is 0 Å². The summed E-state index contributed by atoms with van der Waals surface area (Å²) < 4.78 is 0. The summed E-state index contributed by atoms with van der Waals surface area (Å²) in [5.41, 5.74) is 0. The molecule has 1 aliphatic rings. The number of aliphatic hydroxyl groups is 1. The quantitative estimate of drug-likeness (QED) is 0.781. The van der Waals surface area contributed by atoms with Gasteiger partial charge in [0.15, 0.2) is 0 Å². The molecule has 1 unspecified atom stereocenters. The molecular weight excluding hydrogens is 235 g/mol. The first-order valence-electron chi connectivity index (χ1n) is 5.43. The van der Waals surface area contributed by atoms with Crippen LogP contribution in [-0.4, -0.2) is 48.8 Å². The molecule has 1 heterocycles. The molecule has 5 heteroatoms. The molecule has 0 aliphatic carbocycles. The Morgan fingerprint density at radius 1 is 1.33 bits per heavy atom. The fraction of sp³-hybridized carbons (Fsp3) is 1.00. The maximum atomic E-state index is 8.84. The molecule has 0 spiro atoms. The maximum absolute atomic E-state index is 8.84. The zero-order chi connectivity index (χ0) is 9.52. The van der Waals surface area contributed by atoms with E-state index in [1.165, 1.54) is 25.8 Å². The van der Waals surface area contributed by atoms with Gasteiger partial charge in [0.1, 0.15) is 0 Å². The summed E-state index contributed by atoms with van der Waals surface area (Å²) in [7, 11) is 0. The van der Waals surface area contributed by atoms with E-state index in [2.05, 4.69) is 17.1 Å². The Kier molecular flexibility index (Phi) is 13.0. The second-order valence-corrected chi connectivity index (χ2v) is 3.76. The number of rotatable bonds is 5. The van der Waals surface area contributed by atoms with Gasteiger partial charge in [0.25, 0.3) is 0 Å². The number of hydrogen-bond acceptors (Lipinski definition) is 3. The fourth-order valence-corrected chi connectivity index (χ4v) is 1.91. The summed E-state index contributed by atoms with van der Waals surface area (Å²) in [5, 5.41) is 12.4. The summed E-state index contributed by atoms with van der Waals surface area (Å²) in [6.07, 6.45) is 3.97. The lowest BCUT2D eigenvalue weighted by Crippen LogP contribution is -2.44. The van der Waals surface area contributed by atoms with Crippen molar-refractivity contribution < 1.29 is 5.11 Å². The van der Waals surface area contributed by atoms with E-state index in [9.17, 15) is 0 Å². The molecule has 3 nitrogen and oxygen atoms in total. The van der Waals surface area contributed by atoms with Crippen LogP contribution in [-0.2, 0) is 0 Å². The van der Waals surface area contributed by atoms with Crippen molar-refractivity contribution in [3.05, 3.63) is 0 Å². The maximum Gasteiger partial charge on any atom is 0.0558 e. The molecule has 1 saturated heterocycles. The molecule has 2 N–H and O–H groups in total. The van der Waals surface area contributed by atoms with Crippen molar-refractivity contribution in [2.45, 2.75) is 32.2 Å². The van der Waals surface area contributed by atoms with Crippen molar-refractivity contribution >= 4 is 24.8 Å². The van der Waals surface area contributed by atoms with Gasteiger partial charge in [-0.15, -0.1) is 24.8 Å². The van der Waals surface area contributed by atoms with Gasteiger partial charge in [-0.2, -0.15) is 0 Å². The number of nitrogens with zero attached hydrogens (tertiary/aromatic N) is 1. The van der Waals surface area contributed by atoms with Gasteiger partial charge in [0.05, 0.1) is 6.61 Å². The molecule has 0 amide bonds. The highest BCUT2D eigenvalue weighted by atomic mass is 35.5. The summed E-state index contributed by atoms with van der Waals surface area (Å²) >= 11 is 0. The predicted molar refractivity (Wildman–Crippen MR) is 69.3 cm³/mol. The van der Waals surface area contributed by atoms with Crippen LogP contribution in [0.25, 0.3) is 0 Å². The average Bonchev–Trinajstić information content (AvgIpc) is 2.19. The summed E-state index contributed by atoms with van der Waals surface area (Å²) in [6.45, 7) is 6.55. The van der Waals surface area contributed by atoms with Crippen LogP contribution >= 0.6 is 24.8 Å². The standard InChI is InChI=1S/C10H22N2O.2ClH/c1-2-12(7-8-13)9-10-5-3-4-6-11-10;;/h10-11,13H,2-9H2,1H3;2*1H. The Bertz CT molecular complexity index is 130. The van der Waals surface area contributed by atoms with E-state index in [4.69, 9.17) is 5.11 Å². The van der Waals surface area contributed by atoms with Crippen LogP contribution in [0, 0.1) is 0 Å². The van der Waals surface area contributed by atoms with Crippen LogP contribution in [0.3, 0.4) is 0 Å². The van der Waals surface area contributed by atoms with E-state index < -0.39 is 0 Å². The molecule has 0 aromatic carbocycles. The third kappa shape index (κ3) is 7.36. The molecule has 0 radical (unpaired) electrons. The van der Waals surface area contributed by atoms with E-state index >= 15 is 0 Å². The number of piperidine rings is 1.